The standard InChI is InChI=1S/C14H19FN2O2/c1-2-12(11-7-6-10(15)9-16-11)17-8-4-3-5-13(17)14(18)19/h6-7,9,12-13H,2-5,8H2,1H3,(H,18,19). The molecule has 0 spiro atoms. The van der Waals surface area contributed by atoms with Crippen LogP contribution in [-0.4, -0.2) is 33.5 Å². The summed E-state index contributed by atoms with van der Waals surface area (Å²) < 4.78 is 12.9. The second-order valence-corrected chi connectivity index (χ2v) is 4.91. The van der Waals surface area contributed by atoms with E-state index in [2.05, 4.69) is 4.98 Å². The Morgan fingerprint density at radius 1 is 1.58 bits per heavy atom. The van der Waals surface area contributed by atoms with E-state index >= 15 is 0 Å². The Morgan fingerprint density at radius 3 is 2.95 bits per heavy atom. The Kier molecular flexibility index (Phi) is 4.47. The van der Waals surface area contributed by atoms with E-state index < -0.39 is 12.0 Å². The SMILES string of the molecule is CCC(c1ccc(F)cn1)N1CCCCC1C(=O)O. The number of nitrogens with zero attached hydrogens (tertiary/aromatic N) is 2. The number of likely N-dealkylation sites (tertiary alicyclic amines) is 1. The summed E-state index contributed by atoms with van der Waals surface area (Å²) in [5, 5.41) is 9.32. The van der Waals surface area contributed by atoms with Gasteiger partial charge in [0.25, 0.3) is 0 Å². The summed E-state index contributed by atoms with van der Waals surface area (Å²) >= 11 is 0. The third-order valence-electron chi connectivity index (χ3n) is 3.71. The molecule has 1 saturated heterocycles. The number of hydrogen-bond acceptors (Lipinski definition) is 3. The molecule has 0 aliphatic carbocycles. The maximum Gasteiger partial charge on any atom is 0.320 e. The van der Waals surface area contributed by atoms with Crippen LogP contribution >= 0.6 is 0 Å². The molecule has 0 radical (unpaired) electrons. The molecule has 0 aromatic carbocycles. The molecule has 0 amide bonds. The Bertz CT molecular complexity index is 436. The van der Waals surface area contributed by atoms with Crippen LogP contribution in [0.2, 0.25) is 0 Å². The number of hydrogen-bond donors (Lipinski definition) is 1. The summed E-state index contributed by atoms with van der Waals surface area (Å²) in [7, 11) is 0. The predicted octanol–water partition coefficient (Wildman–Crippen LogP) is 2.61. The first kappa shape index (κ1) is 13.9. The molecule has 0 saturated carbocycles. The number of aliphatic carboxylic acids is 1. The van der Waals surface area contributed by atoms with E-state index in [0.29, 0.717) is 6.42 Å². The second kappa shape index (κ2) is 6.10. The fourth-order valence-corrected chi connectivity index (χ4v) is 2.79. The minimum Gasteiger partial charge on any atom is -0.480 e. The molecule has 1 aliphatic heterocycles. The lowest BCUT2D eigenvalue weighted by Crippen LogP contribution is -2.46. The summed E-state index contributed by atoms with van der Waals surface area (Å²) in [6.07, 6.45) is 4.58. The van der Waals surface area contributed by atoms with Gasteiger partial charge in [-0.3, -0.25) is 14.7 Å². The Labute approximate surface area is 112 Å². The van der Waals surface area contributed by atoms with Crippen molar-refractivity contribution in [1.29, 1.82) is 0 Å². The normalized spacial score (nSPS) is 22.1. The highest BCUT2D eigenvalue weighted by atomic mass is 19.1. The number of piperidine rings is 1. The van der Waals surface area contributed by atoms with Gasteiger partial charge in [-0.05, 0) is 37.9 Å². The van der Waals surface area contributed by atoms with Gasteiger partial charge in [0.1, 0.15) is 11.9 Å². The van der Waals surface area contributed by atoms with Gasteiger partial charge in [-0.2, -0.15) is 0 Å². The van der Waals surface area contributed by atoms with Crippen molar-refractivity contribution in [3.05, 3.63) is 29.8 Å². The topological polar surface area (TPSA) is 53.4 Å². The second-order valence-electron chi connectivity index (χ2n) is 4.91. The molecule has 4 nitrogen and oxygen atoms in total. The number of halogens is 1. The maximum absolute atomic E-state index is 12.9. The molecule has 1 aliphatic rings. The largest absolute Gasteiger partial charge is 0.480 e. The van der Waals surface area contributed by atoms with Gasteiger partial charge in [-0.25, -0.2) is 4.39 Å². The van der Waals surface area contributed by atoms with Crippen molar-refractivity contribution >= 4 is 5.97 Å². The molecule has 2 atom stereocenters. The van der Waals surface area contributed by atoms with E-state index in [0.717, 1.165) is 31.5 Å². The fraction of sp³-hybridized carbons (Fsp3) is 0.571. The zero-order valence-corrected chi connectivity index (χ0v) is 11.1. The summed E-state index contributed by atoms with van der Waals surface area (Å²) in [6, 6.07) is 2.52. The van der Waals surface area contributed by atoms with Crippen LogP contribution in [0.5, 0.6) is 0 Å². The number of rotatable bonds is 4. The molecule has 19 heavy (non-hydrogen) atoms. The quantitative estimate of drug-likeness (QED) is 0.910. The zero-order chi connectivity index (χ0) is 13.8. The lowest BCUT2D eigenvalue weighted by molar-refractivity contribution is -0.146. The van der Waals surface area contributed by atoms with E-state index in [1.807, 2.05) is 11.8 Å². The maximum atomic E-state index is 12.9. The first-order valence-electron chi connectivity index (χ1n) is 6.73. The Hall–Kier alpha value is -1.49. The molecule has 0 bridgehead atoms. The third kappa shape index (κ3) is 3.10. The van der Waals surface area contributed by atoms with Crippen molar-refractivity contribution in [3.63, 3.8) is 0 Å². The van der Waals surface area contributed by atoms with E-state index in [9.17, 15) is 14.3 Å². The summed E-state index contributed by atoms with van der Waals surface area (Å²) in [5.41, 5.74) is 0.747. The highest BCUT2D eigenvalue weighted by Crippen LogP contribution is 2.30. The lowest BCUT2D eigenvalue weighted by atomic mass is 9.97. The van der Waals surface area contributed by atoms with E-state index in [1.54, 1.807) is 6.07 Å². The van der Waals surface area contributed by atoms with Crippen LogP contribution < -0.4 is 0 Å². The fourth-order valence-electron chi connectivity index (χ4n) is 2.79. The minimum absolute atomic E-state index is 0.0537. The monoisotopic (exact) mass is 266 g/mol. The molecule has 2 unspecified atom stereocenters. The first-order valence-corrected chi connectivity index (χ1v) is 6.73. The molecule has 104 valence electrons. The molecular formula is C14H19FN2O2. The van der Waals surface area contributed by atoms with Crippen LogP contribution in [0.1, 0.15) is 44.3 Å². The van der Waals surface area contributed by atoms with Crippen molar-refractivity contribution in [3.8, 4) is 0 Å². The van der Waals surface area contributed by atoms with Gasteiger partial charge in [-0.15, -0.1) is 0 Å². The number of carboxylic acid groups (broad SMARTS) is 1. The van der Waals surface area contributed by atoms with Gasteiger partial charge >= 0.3 is 5.97 Å². The molecule has 1 N–H and O–H groups in total. The van der Waals surface area contributed by atoms with Crippen LogP contribution in [0.25, 0.3) is 0 Å². The summed E-state index contributed by atoms with van der Waals surface area (Å²) in [6.45, 7) is 2.76. The number of carboxylic acids is 1. The first-order chi connectivity index (χ1) is 9.13. The Morgan fingerprint density at radius 2 is 2.37 bits per heavy atom. The molecule has 5 heteroatoms. The molecule has 2 rings (SSSR count). The highest BCUT2D eigenvalue weighted by Gasteiger charge is 2.33. The third-order valence-corrected chi connectivity index (χ3v) is 3.71. The minimum atomic E-state index is -0.778. The highest BCUT2D eigenvalue weighted by molar-refractivity contribution is 5.73. The van der Waals surface area contributed by atoms with Crippen molar-refractivity contribution in [2.24, 2.45) is 0 Å². The lowest BCUT2D eigenvalue weighted by Gasteiger charge is -2.38. The van der Waals surface area contributed by atoms with E-state index in [1.165, 1.54) is 12.3 Å². The van der Waals surface area contributed by atoms with Gasteiger partial charge in [-0.1, -0.05) is 13.3 Å². The molecule has 1 fully saturated rings. The molecule has 2 heterocycles. The van der Waals surface area contributed by atoms with Crippen molar-refractivity contribution in [2.75, 3.05) is 6.54 Å². The van der Waals surface area contributed by atoms with Crippen LogP contribution in [0.3, 0.4) is 0 Å². The number of pyridine rings is 1. The molecule has 1 aromatic heterocycles. The smallest absolute Gasteiger partial charge is 0.320 e. The van der Waals surface area contributed by atoms with Gasteiger partial charge in [0.2, 0.25) is 0 Å². The van der Waals surface area contributed by atoms with Gasteiger partial charge in [0.15, 0.2) is 0 Å². The van der Waals surface area contributed by atoms with Crippen LogP contribution in [0, 0.1) is 5.82 Å². The zero-order valence-electron chi connectivity index (χ0n) is 11.1. The Balaban J connectivity index is 2.24. The van der Waals surface area contributed by atoms with Crippen LogP contribution in [0.15, 0.2) is 18.3 Å². The predicted molar refractivity (Wildman–Crippen MR) is 69.2 cm³/mol. The molecular weight excluding hydrogens is 247 g/mol. The van der Waals surface area contributed by atoms with Crippen molar-refractivity contribution in [1.82, 2.24) is 9.88 Å². The molecule has 1 aromatic rings. The van der Waals surface area contributed by atoms with Crippen molar-refractivity contribution in [2.45, 2.75) is 44.7 Å². The van der Waals surface area contributed by atoms with Crippen molar-refractivity contribution < 1.29 is 14.3 Å². The summed E-state index contributed by atoms with van der Waals surface area (Å²) in [4.78, 5) is 17.4. The van der Waals surface area contributed by atoms with Gasteiger partial charge in [0.05, 0.1) is 17.9 Å². The van der Waals surface area contributed by atoms with E-state index in [-0.39, 0.29) is 11.9 Å². The van der Waals surface area contributed by atoms with Crippen LogP contribution in [0.4, 0.5) is 4.39 Å². The number of carbonyl (C=O) groups is 1. The number of aromatic nitrogens is 1. The van der Waals surface area contributed by atoms with Gasteiger partial charge in [0, 0.05) is 0 Å². The summed E-state index contributed by atoms with van der Waals surface area (Å²) in [5.74, 6) is -1.15. The van der Waals surface area contributed by atoms with Crippen LogP contribution in [-0.2, 0) is 4.79 Å². The van der Waals surface area contributed by atoms with Gasteiger partial charge < -0.3 is 5.11 Å². The average Bonchev–Trinajstić information content (AvgIpc) is 2.42. The van der Waals surface area contributed by atoms with E-state index in [4.69, 9.17) is 0 Å². The average molecular weight is 266 g/mol.